The molecule has 0 atom stereocenters. The lowest BCUT2D eigenvalue weighted by atomic mass is 10.00. The Morgan fingerprint density at radius 2 is 1.88 bits per heavy atom. The van der Waals surface area contributed by atoms with Crippen LogP contribution in [0.4, 0.5) is 0 Å². The Morgan fingerprint density at radius 3 is 2.35 bits per heavy atom. The van der Waals surface area contributed by atoms with Gasteiger partial charge in [0.25, 0.3) is 5.91 Å². The van der Waals surface area contributed by atoms with Gasteiger partial charge in [0.05, 0.1) is 5.54 Å². The van der Waals surface area contributed by atoms with Crippen molar-refractivity contribution in [1.82, 2.24) is 5.01 Å². The summed E-state index contributed by atoms with van der Waals surface area (Å²) < 4.78 is 0. The lowest BCUT2D eigenvalue weighted by Crippen LogP contribution is -2.52. The van der Waals surface area contributed by atoms with E-state index in [1.54, 1.807) is 24.3 Å². The van der Waals surface area contributed by atoms with Crippen molar-refractivity contribution in [1.29, 1.82) is 0 Å². The van der Waals surface area contributed by atoms with Crippen LogP contribution in [0, 0.1) is 0 Å². The minimum atomic E-state index is -0.474. The summed E-state index contributed by atoms with van der Waals surface area (Å²) in [7, 11) is 0. The Bertz CT molecular complexity index is 390. The predicted octanol–water partition coefficient (Wildman–Crippen LogP) is 3.06. The van der Waals surface area contributed by atoms with Crippen molar-refractivity contribution in [3.8, 4) is 0 Å². The first-order valence-corrected chi connectivity index (χ1v) is 6.20. The average molecular weight is 275 g/mol. The van der Waals surface area contributed by atoms with Gasteiger partial charge in [0.1, 0.15) is 0 Å². The normalized spacial score (nSPS) is 11.4. The quantitative estimate of drug-likeness (QED) is 0.397. The summed E-state index contributed by atoms with van der Waals surface area (Å²) in [6, 6.07) is 6.64. The summed E-state index contributed by atoms with van der Waals surface area (Å²) in [5.74, 6) is 6.06. The zero-order valence-corrected chi connectivity index (χ0v) is 11.4. The first-order chi connectivity index (χ1) is 7.88. The third-order valence-corrected chi connectivity index (χ3v) is 3.11. The van der Waals surface area contributed by atoms with Gasteiger partial charge in [0.2, 0.25) is 0 Å². The van der Waals surface area contributed by atoms with Crippen LogP contribution in [-0.4, -0.2) is 22.3 Å². The molecule has 1 rings (SSSR count). The molecule has 3 nitrogen and oxygen atoms in total. The summed E-state index contributed by atoms with van der Waals surface area (Å²) >= 11 is 11.5. The molecule has 0 aliphatic carbocycles. The van der Waals surface area contributed by atoms with Crippen LogP contribution < -0.4 is 5.84 Å². The molecular formula is C12H16Cl2N2O. The summed E-state index contributed by atoms with van der Waals surface area (Å²) in [5.41, 5.74) is 0.0397. The molecule has 0 radical (unpaired) electrons. The van der Waals surface area contributed by atoms with E-state index in [1.165, 1.54) is 5.01 Å². The highest BCUT2D eigenvalue weighted by Gasteiger charge is 2.28. The summed E-state index contributed by atoms with van der Waals surface area (Å²) in [6.45, 7) is 3.76. The van der Waals surface area contributed by atoms with Crippen LogP contribution >= 0.6 is 23.2 Å². The fourth-order valence-corrected chi connectivity index (χ4v) is 1.95. The number of alkyl halides is 1. The Kier molecular flexibility index (Phi) is 4.80. The number of amides is 1. The predicted molar refractivity (Wildman–Crippen MR) is 71.2 cm³/mol. The topological polar surface area (TPSA) is 46.3 Å². The SMILES string of the molecule is CC(C)(CCCl)N(N)C(=O)c1ccc(Cl)cc1. The minimum Gasteiger partial charge on any atom is -0.271 e. The Balaban J connectivity index is 2.86. The number of hydrogen-bond acceptors (Lipinski definition) is 2. The molecular weight excluding hydrogens is 259 g/mol. The van der Waals surface area contributed by atoms with E-state index in [0.29, 0.717) is 22.9 Å². The second kappa shape index (κ2) is 5.71. The van der Waals surface area contributed by atoms with Crippen molar-refractivity contribution >= 4 is 29.1 Å². The Morgan fingerprint density at radius 1 is 1.35 bits per heavy atom. The molecule has 5 heteroatoms. The van der Waals surface area contributed by atoms with Gasteiger partial charge in [-0.3, -0.25) is 9.80 Å². The maximum atomic E-state index is 12.1. The van der Waals surface area contributed by atoms with E-state index in [-0.39, 0.29) is 5.91 Å². The Labute approximate surface area is 111 Å². The number of rotatable bonds is 4. The van der Waals surface area contributed by atoms with E-state index in [9.17, 15) is 4.79 Å². The van der Waals surface area contributed by atoms with Crippen LogP contribution in [0.2, 0.25) is 5.02 Å². The first kappa shape index (κ1) is 14.3. The number of nitrogens with zero attached hydrogens (tertiary/aromatic N) is 1. The van der Waals surface area contributed by atoms with Crippen molar-refractivity contribution in [2.45, 2.75) is 25.8 Å². The number of carbonyl (C=O) groups is 1. The van der Waals surface area contributed by atoms with E-state index >= 15 is 0 Å². The van der Waals surface area contributed by atoms with Crippen LogP contribution in [0.1, 0.15) is 30.6 Å². The molecule has 0 spiro atoms. The molecule has 1 aromatic rings. The molecule has 0 heterocycles. The number of nitrogens with two attached hydrogens (primary N) is 1. The van der Waals surface area contributed by atoms with Crippen LogP contribution in [0.25, 0.3) is 0 Å². The molecule has 0 fully saturated rings. The fraction of sp³-hybridized carbons (Fsp3) is 0.417. The van der Waals surface area contributed by atoms with E-state index in [0.717, 1.165) is 0 Å². The molecule has 1 amide bonds. The fourth-order valence-electron chi connectivity index (χ4n) is 1.36. The molecule has 0 aromatic heterocycles. The number of halogens is 2. The Hall–Kier alpha value is -0.770. The highest BCUT2D eigenvalue weighted by molar-refractivity contribution is 6.30. The van der Waals surface area contributed by atoms with Crippen molar-refractivity contribution in [2.75, 3.05) is 5.88 Å². The maximum Gasteiger partial charge on any atom is 0.268 e. The van der Waals surface area contributed by atoms with Gasteiger partial charge in [-0.05, 0) is 44.5 Å². The van der Waals surface area contributed by atoms with Crippen LogP contribution in [0.15, 0.2) is 24.3 Å². The molecule has 0 unspecified atom stereocenters. The molecule has 0 saturated carbocycles. The average Bonchev–Trinajstić information content (AvgIpc) is 2.28. The molecule has 0 bridgehead atoms. The van der Waals surface area contributed by atoms with Crippen LogP contribution in [0.3, 0.4) is 0 Å². The first-order valence-electron chi connectivity index (χ1n) is 5.29. The van der Waals surface area contributed by atoms with Crippen molar-refractivity contribution in [3.63, 3.8) is 0 Å². The standard InChI is InChI=1S/C12H16Cl2N2O/c1-12(2,7-8-13)16(15)11(17)9-3-5-10(14)6-4-9/h3-6H,7-8,15H2,1-2H3. The molecule has 0 aliphatic heterocycles. The minimum absolute atomic E-state index is 0.239. The zero-order chi connectivity index (χ0) is 13.1. The zero-order valence-electron chi connectivity index (χ0n) is 9.91. The van der Waals surface area contributed by atoms with Gasteiger partial charge in [0.15, 0.2) is 0 Å². The number of hydrazine groups is 1. The van der Waals surface area contributed by atoms with Gasteiger partial charge >= 0.3 is 0 Å². The summed E-state index contributed by atoms with van der Waals surface area (Å²) in [5, 5.41) is 1.81. The van der Waals surface area contributed by atoms with E-state index < -0.39 is 5.54 Å². The lowest BCUT2D eigenvalue weighted by molar-refractivity contribution is 0.0540. The van der Waals surface area contributed by atoms with Gasteiger partial charge in [0, 0.05) is 16.5 Å². The van der Waals surface area contributed by atoms with Gasteiger partial charge in [-0.2, -0.15) is 0 Å². The third-order valence-electron chi connectivity index (χ3n) is 2.67. The van der Waals surface area contributed by atoms with Crippen molar-refractivity contribution < 1.29 is 4.79 Å². The summed E-state index contributed by atoms with van der Waals surface area (Å²) in [6.07, 6.45) is 0.629. The molecule has 17 heavy (non-hydrogen) atoms. The molecule has 0 aliphatic rings. The second-order valence-corrected chi connectivity index (χ2v) is 5.25. The molecule has 2 N–H and O–H groups in total. The highest BCUT2D eigenvalue weighted by Crippen LogP contribution is 2.19. The van der Waals surface area contributed by atoms with E-state index in [4.69, 9.17) is 29.0 Å². The van der Waals surface area contributed by atoms with Crippen LogP contribution in [-0.2, 0) is 0 Å². The lowest BCUT2D eigenvalue weighted by Gasteiger charge is -2.34. The number of carbonyl (C=O) groups excluding carboxylic acids is 1. The number of benzene rings is 1. The highest BCUT2D eigenvalue weighted by atomic mass is 35.5. The third kappa shape index (κ3) is 3.60. The van der Waals surface area contributed by atoms with Crippen molar-refractivity contribution in [2.24, 2.45) is 5.84 Å². The maximum absolute atomic E-state index is 12.1. The van der Waals surface area contributed by atoms with Crippen molar-refractivity contribution in [3.05, 3.63) is 34.9 Å². The number of hydrogen-bond donors (Lipinski definition) is 1. The molecule has 1 aromatic carbocycles. The van der Waals surface area contributed by atoms with Gasteiger partial charge in [-0.15, -0.1) is 11.6 Å². The largest absolute Gasteiger partial charge is 0.271 e. The smallest absolute Gasteiger partial charge is 0.268 e. The van der Waals surface area contributed by atoms with E-state index in [1.807, 2.05) is 13.8 Å². The van der Waals surface area contributed by atoms with Gasteiger partial charge < -0.3 is 0 Å². The second-order valence-electron chi connectivity index (χ2n) is 4.43. The van der Waals surface area contributed by atoms with E-state index in [2.05, 4.69) is 0 Å². The monoisotopic (exact) mass is 274 g/mol. The van der Waals surface area contributed by atoms with Gasteiger partial charge in [-0.1, -0.05) is 11.6 Å². The van der Waals surface area contributed by atoms with Crippen LogP contribution in [0.5, 0.6) is 0 Å². The van der Waals surface area contributed by atoms with Gasteiger partial charge in [-0.25, -0.2) is 5.84 Å². The molecule has 94 valence electrons. The summed E-state index contributed by atoms with van der Waals surface area (Å²) in [4.78, 5) is 12.1. The molecule has 0 saturated heterocycles.